The van der Waals surface area contributed by atoms with Gasteiger partial charge < -0.3 is 20.1 Å². The van der Waals surface area contributed by atoms with Crippen molar-refractivity contribution < 1.29 is 14.3 Å². The fourth-order valence-corrected chi connectivity index (χ4v) is 2.50. The van der Waals surface area contributed by atoms with Gasteiger partial charge in [0.2, 0.25) is 0 Å². The van der Waals surface area contributed by atoms with Gasteiger partial charge in [-0.05, 0) is 12.1 Å². The molecule has 2 rings (SSSR count). The second kappa shape index (κ2) is 7.28. The van der Waals surface area contributed by atoms with E-state index in [1.54, 1.807) is 32.4 Å². The maximum atomic E-state index is 12.6. The number of hydrogen-bond donors (Lipinski definition) is 1. The third-order valence-electron chi connectivity index (χ3n) is 3.74. The van der Waals surface area contributed by atoms with Crippen LogP contribution in [-0.2, 0) is 0 Å². The first kappa shape index (κ1) is 15.6. The first-order chi connectivity index (χ1) is 10.2. The van der Waals surface area contributed by atoms with Crippen LogP contribution in [0.3, 0.4) is 0 Å². The highest BCUT2D eigenvalue weighted by Crippen LogP contribution is 2.26. The molecule has 0 saturated carbocycles. The second-order valence-electron chi connectivity index (χ2n) is 4.99. The van der Waals surface area contributed by atoms with Gasteiger partial charge in [-0.15, -0.1) is 0 Å². The third-order valence-corrected chi connectivity index (χ3v) is 3.74. The highest BCUT2D eigenvalue weighted by molar-refractivity contribution is 5.97. The zero-order valence-corrected chi connectivity index (χ0v) is 12.7. The molecule has 1 fully saturated rings. The molecule has 1 saturated heterocycles. The lowest BCUT2D eigenvalue weighted by Crippen LogP contribution is -2.49. The van der Waals surface area contributed by atoms with Gasteiger partial charge in [0.15, 0.2) is 0 Å². The molecule has 1 aromatic rings. The highest BCUT2D eigenvalue weighted by Gasteiger charge is 2.24. The van der Waals surface area contributed by atoms with Crippen LogP contribution in [0, 0.1) is 0 Å². The van der Waals surface area contributed by atoms with Crippen molar-refractivity contribution in [2.45, 2.75) is 0 Å². The summed E-state index contributed by atoms with van der Waals surface area (Å²) in [5.41, 5.74) is 6.13. The minimum atomic E-state index is 0.00176. The zero-order valence-electron chi connectivity index (χ0n) is 12.7. The minimum Gasteiger partial charge on any atom is -0.497 e. The number of benzene rings is 1. The van der Waals surface area contributed by atoms with Crippen molar-refractivity contribution in [1.82, 2.24) is 9.80 Å². The Morgan fingerprint density at radius 2 is 1.90 bits per heavy atom. The zero-order chi connectivity index (χ0) is 15.2. The molecule has 1 aliphatic rings. The summed E-state index contributed by atoms with van der Waals surface area (Å²) in [6.45, 7) is 4.69. The van der Waals surface area contributed by atoms with Crippen LogP contribution in [-0.4, -0.2) is 69.2 Å². The highest BCUT2D eigenvalue weighted by atomic mass is 16.5. The molecule has 1 amide bonds. The van der Waals surface area contributed by atoms with Crippen molar-refractivity contribution in [2.24, 2.45) is 5.73 Å². The number of hydrogen-bond acceptors (Lipinski definition) is 5. The lowest BCUT2D eigenvalue weighted by Gasteiger charge is -2.34. The summed E-state index contributed by atoms with van der Waals surface area (Å²) in [6, 6.07) is 5.27. The Morgan fingerprint density at radius 1 is 1.19 bits per heavy atom. The van der Waals surface area contributed by atoms with E-state index in [2.05, 4.69) is 4.90 Å². The maximum absolute atomic E-state index is 12.6. The van der Waals surface area contributed by atoms with Crippen LogP contribution in [0.1, 0.15) is 10.4 Å². The fraction of sp³-hybridized carbons (Fsp3) is 0.533. The average molecular weight is 293 g/mol. The van der Waals surface area contributed by atoms with Gasteiger partial charge in [0.25, 0.3) is 5.91 Å². The molecule has 21 heavy (non-hydrogen) atoms. The second-order valence-corrected chi connectivity index (χ2v) is 4.99. The topological polar surface area (TPSA) is 68.0 Å². The molecule has 1 aliphatic heterocycles. The molecule has 0 unspecified atom stereocenters. The standard InChI is InChI=1S/C15H23N3O3/c1-20-12-3-4-13(14(11-12)21-2)15(19)18-9-7-17(6-5-16)8-10-18/h3-4,11H,5-10,16H2,1-2H3. The predicted octanol–water partition coefficient (Wildman–Crippen LogP) is 0.420. The molecule has 2 N–H and O–H groups in total. The minimum absolute atomic E-state index is 0.00176. The summed E-state index contributed by atoms with van der Waals surface area (Å²) in [4.78, 5) is 16.7. The lowest BCUT2D eigenvalue weighted by molar-refractivity contribution is 0.0637. The Balaban J connectivity index is 2.07. The van der Waals surface area contributed by atoms with Gasteiger partial charge in [0.1, 0.15) is 11.5 Å². The number of carbonyl (C=O) groups is 1. The van der Waals surface area contributed by atoms with Crippen LogP contribution < -0.4 is 15.2 Å². The fourth-order valence-electron chi connectivity index (χ4n) is 2.50. The Kier molecular flexibility index (Phi) is 5.41. The molecule has 0 radical (unpaired) electrons. The largest absolute Gasteiger partial charge is 0.497 e. The number of nitrogens with zero attached hydrogens (tertiary/aromatic N) is 2. The Morgan fingerprint density at radius 3 is 2.48 bits per heavy atom. The summed E-state index contributed by atoms with van der Waals surface area (Å²) < 4.78 is 10.5. The monoisotopic (exact) mass is 293 g/mol. The quantitative estimate of drug-likeness (QED) is 0.852. The van der Waals surface area contributed by atoms with E-state index in [0.29, 0.717) is 36.7 Å². The van der Waals surface area contributed by atoms with Crippen LogP contribution >= 0.6 is 0 Å². The molecule has 6 heteroatoms. The number of rotatable bonds is 5. The molecule has 1 aromatic carbocycles. The molecular formula is C15H23N3O3. The van der Waals surface area contributed by atoms with E-state index < -0.39 is 0 Å². The van der Waals surface area contributed by atoms with E-state index >= 15 is 0 Å². The van der Waals surface area contributed by atoms with E-state index in [9.17, 15) is 4.79 Å². The Hall–Kier alpha value is -1.79. The van der Waals surface area contributed by atoms with Gasteiger partial charge >= 0.3 is 0 Å². The van der Waals surface area contributed by atoms with Crippen LogP contribution in [0.4, 0.5) is 0 Å². The summed E-state index contributed by atoms with van der Waals surface area (Å²) >= 11 is 0. The van der Waals surface area contributed by atoms with Crippen molar-refractivity contribution in [3.05, 3.63) is 23.8 Å². The van der Waals surface area contributed by atoms with E-state index in [1.165, 1.54) is 0 Å². The normalized spacial score (nSPS) is 15.9. The Labute approximate surface area is 125 Å². The van der Waals surface area contributed by atoms with Crippen molar-refractivity contribution in [1.29, 1.82) is 0 Å². The number of methoxy groups -OCH3 is 2. The predicted molar refractivity (Wildman–Crippen MR) is 80.9 cm³/mol. The molecule has 0 bridgehead atoms. The summed E-state index contributed by atoms with van der Waals surface area (Å²) in [5.74, 6) is 1.22. The summed E-state index contributed by atoms with van der Waals surface area (Å²) in [7, 11) is 3.15. The molecule has 0 atom stereocenters. The molecule has 0 aliphatic carbocycles. The maximum Gasteiger partial charge on any atom is 0.257 e. The number of carbonyl (C=O) groups excluding carboxylic acids is 1. The number of amides is 1. The van der Waals surface area contributed by atoms with E-state index in [4.69, 9.17) is 15.2 Å². The van der Waals surface area contributed by atoms with Crippen molar-refractivity contribution in [2.75, 3.05) is 53.5 Å². The van der Waals surface area contributed by atoms with Gasteiger partial charge in [-0.3, -0.25) is 9.69 Å². The van der Waals surface area contributed by atoms with Gasteiger partial charge in [-0.25, -0.2) is 0 Å². The van der Waals surface area contributed by atoms with E-state index in [0.717, 1.165) is 19.6 Å². The van der Waals surface area contributed by atoms with E-state index in [1.807, 2.05) is 4.90 Å². The Bertz CT molecular complexity index is 485. The SMILES string of the molecule is COc1ccc(C(=O)N2CCN(CCN)CC2)c(OC)c1. The number of ether oxygens (including phenoxy) is 2. The van der Waals surface area contributed by atoms with Crippen LogP contribution in [0.15, 0.2) is 18.2 Å². The lowest BCUT2D eigenvalue weighted by atomic mass is 10.1. The van der Waals surface area contributed by atoms with Crippen LogP contribution in [0.2, 0.25) is 0 Å². The molecule has 116 valence electrons. The number of nitrogens with two attached hydrogens (primary N) is 1. The molecule has 0 aromatic heterocycles. The first-order valence-electron chi connectivity index (χ1n) is 7.13. The molecular weight excluding hydrogens is 270 g/mol. The number of piperazine rings is 1. The van der Waals surface area contributed by atoms with Gasteiger partial charge in [-0.2, -0.15) is 0 Å². The third kappa shape index (κ3) is 3.65. The van der Waals surface area contributed by atoms with Crippen LogP contribution in [0.25, 0.3) is 0 Å². The van der Waals surface area contributed by atoms with Crippen molar-refractivity contribution in [3.8, 4) is 11.5 Å². The van der Waals surface area contributed by atoms with Gasteiger partial charge in [-0.1, -0.05) is 0 Å². The average Bonchev–Trinajstić information content (AvgIpc) is 2.54. The smallest absolute Gasteiger partial charge is 0.257 e. The first-order valence-corrected chi connectivity index (χ1v) is 7.13. The molecule has 6 nitrogen and oxygen atoms in total. The summed E-state index contributed by atoms with van der Waals surface area (Å²) in [5, 5.41) is 0. The molecule has 0 spiro atoms. The van der Waals surface area contributed by atoms with Crippen molar-refractivity contribution in [3.63, 3.8) is 0 Å². The van der Waals surface area contributed by atoms with E-state index in [-0.39, 0.29) is 5.91 Å². The van der Waals surface area contributed by atoms with Gasteiger partial charge in [0.05, 0.1) is 19.8 Å². The van der Waals surface area contributed by atoms with Crippen molar-refractivity contribution >= 4 is 5.91 Å². The summed E-state index contributed by atoms with van der Waals surface area (Å²) in [6.07, 6.45) is 0. The van der Waals surface area contributed by atoms with Gasteiger partial charge in [0, 0.05) is 45.3 Å². The van der Waals surface area contributed by atoms with Crippen LogP contribution in [0.5, 0.6) is 11.5 Å². The molecule has 1 heterocycles.